The maximum Gasteiger partial charge on any atom is 0.375 e. The number of carbonyl (C=O) groups excluding carboxylic acids is 2. The minimum atomic E-state index is -0.697. The van der Waals surface area contributed by atoms with E-state index in [0.717, 1.165) is 0 Å². The van der Waals surface area contributed by atoms with E-state index in [0.29, 0.717) is 16.2 Å². The van der Waals surface area contributed by atoms with Gasteiger partial charge in [-0.05, 0) is 24.6 Å². The number of carbonyl (C=O) groups is 2. The molecule has 0 unspecified atom stereocenters. The minimum Gasteiger partial charge on any atom is -0.482 e. The highest BCUT2D eigenvalue weighted by Gasteiger charge is 2.47. The van der Waals surface area contributed by atoms with Crippen molar-refractivity contribution in [3.8, 4) is 0 Å². The molecule has 5 heteroatoms. The average molecular weight is 293 g/mol. The van der Waals surface area contributed by atoms with Crippen molar-refractivity contribution in [1.82, 2.24) is 0 Å². The molecule has 0 fully saturated rings. The van der Waals surface area contributed by atoms with E-state index in [1.165, 1.54) is 0 Å². The van der Waals surface area contributed by atoms with Crippen LogP contribution in [0.2, 0.25) is 5.02 Å². The van der Waals surface area contributed by atoms with E-state index in [2.05, 4.69) is 0 Å². The van der Waals surface area contributed by atoms with Crippen LogP contribution >= 0.6 is 11.6 Å². The Labute approximate surface area is 121 Å². The van der Waals surface area contributed by atoms with Gasteiger partial charge in [0.25, 0.3) is 0 Å². The zero-order valence-corrected chi connectivity index (χ0v) is 11.8. The van der Waals surface area contributed by atoms with E-state index in [1.54, 1.807) is 38.1 Å². The van der Waals surface area contributed by atoms with E-state index >= 15 is 0 Å². The number of halogens is 1. The molecule has 0 spiro atoms. The number of rotatable bonds is 1. The van der Waals surface area contributed by atoms with E-state index in [9.17, 15) is 9.59 Å². The maximum absolute atomic E-state index is 12.4. The van der Waals surface area contributed by atoms with Crippen molar-refractivity contribution < 1.29 is 19.1 Å². The molecule has 2 heterocycles. The van der Waals surface area contributed by atoms with Crippen LogP contribution in [0.5, 0.6) is 0 Å². The molecule has 0 saturated carbocycles. The number of benzene rings is 1. The zero-order valence-electron chi connectivity index (χ0n) is 11.1. The zero-order chi connectivity index (χ0) is 14.4. The lowest BCUT2D eigenvalue weighted by Crippen LogP contribution is -2.33. The first kappa shape index (κ1) is 13.2. The molecule has 3 rings (SSSR count). The van der Waals surface area contributed by atoms with Crippen LogP contribution < -0.4 is 0 Å². The highest BCUT2D eigenvalue weighted by molar-refractivity contribution is 6.30. The maximum atomic E-state index is 12.4. The predicted molar refractivity (Wildman–Crippen MR) is 72.0 cm³/mol. The fourth-order valence-electron chi connectivity index (χ4n) is 2.42. The third-order valence-electron chi connectivity index (χ3n) is 3.78. The Hall–Kier alpha value is -1.81. The van der Waals surface area contributed by atoms with Gasteiger partial charge in [0, 0.05) is 5.02 Å². The van der Waals surface area contributed by atoms with E-state index in [1.807, 2.05) is 0 Å². The first-order valence-corrected chi connectivity index (χ1v) is 6.78. The Morgan fingerprint density at radius 3 is 2.35 bits per heavy atom. The largest absolute Gasteiger partial charge is 0.482 e. The van der Waals surface area contributed by atoms with E-state index in [4.69, 9.17) is 21.1 Å². The highest BCUT2D eigenvalue weighted by Crippen LogP contribution is 2.41. The topological polar surface area (TPSA) is 52.6 Å². The quantitative estimate of drug-likeness (QED) is 0.747. The molecule has 20 heavy (non-hydrogen) atoms. The lowest BCUT2D eigenvalue weighted by atomic mass is 9.87. The van der Waals surface area contributed by atoms with Gasteiger partial charge >= 0.3 is 5.97 Å². The van der Waals surface area contributed by atoms with Crippen LogP contribution in [0.1, 0.15) is 25.5 Å². The van der Waals surface area contributed by atoms with Gasteiger partial charge in [-0.1, -0.05) is 30.7 Å². The van der Waals surface area contributed by atoms with Crippen molar-refractivity contribution in [2.24, 2.45) is 5.92 Å². The molecule has 0 radical (unpaired) electrons. The van der Waals surface area contributed by atoms with Crippen LogP contribution in [0.25, 0.3) is 0 Å². The first-order chi connectivity index (χ1) is 9.49. The fraction of sp³-hybridized carbons (Fsp3) is 0.333. The minimum absolute atomic E-state index is 0.0561. The van der Waals surface area contributed by atoms with E-state index in [-0.39, 0.29) is 23.6 Å². The van der Waals surface area contributed by atoms with Crippen LogP contribution in [0.4, 0.5) is 0 Å². The lowest BCUT2D eigenvalue weighted by molar-refractivity contribution is -0.144. The predicted octanol–water partition coefficient (Wildman–Crippen LogP) is 2.82. The Kier molecular flexibility index (Phi) is 3.05. The van der Waals surface area contributed by atoms with Crippen LogP contribution in [-0.4, -0.2) is 17.9 Å². The number of ether oxygens (including phenoxy) is 2. The second kappa shape index (κ2) is 4.63. The monoisotopic (exact) mass is 292 g/mol. The van der Waals surface area contributed by atoms with Gasteiger partial charge in [-0.2, -0.15) is 0 Å². The van der Waals surface area contributed by atoms with Gasteiger partial charge in [0.15, 0.2) is 11.9 Å². The highest BCUT2D eigenvalue weighted by atomic mass is 35.5. The van der Waals surface area contributed by atoms with Crippen molar-refractivity contribution in [1.29, 1.82) is 0 Å². The summed E-state index contributed by atoms with van der Waals surface area (Å²) in [6.45, 7) is 3.56. The van der Waals surface area contributed by atoms with Gasteiger partial charge in [-0.3, -0.25) is 4.79 Å². The summed E-state index contributed by atoms with van der Waals surface area (Å²) in [6.07, 6.45) is -1.02. The van der Waals surface area contributed by atoms with Crippen LogP contribution in [0.3, 0.4) is 0 Å². The molecule has 2 aliphatic rings. The molecule has 104 valence electrons. The molecule has 1 aromatic rings. The van der Waals surface area contributed by atoms with E-state index < -0.39 is 12.1 Å². The molecule has 0 bridgehead atoms. The summed E-state index contributed by atoms with van der Waals surface area (Å²) in [6, 6.07) is 6.88. The Balaban J connectivity index is 2.05. The number of hydrogen-bond acceptors (Lipinski definition) is 4. The number of Topliss-reactive ketones (excluding diaryl/α,β-unsaturated/α-hetero) is 1. The second-order valence-corrected chi connectivity index (χ2v) is 5.49. The lowest BCUT2D eigenvalue weighted by Gasteiger charge is -2.26. The van der Waals surface area contributed by atoms with Crippen LogP contribution in [-0.2, 0) is 19.1 Å². The summed E-state index contributed by atoms with van der Waals surface area (Å²) in [5.41, 5.74) is 1.04. The molecule has 1 aromatic carbocycles. The standard InChI is InChI=1S/C15H13ClO4/c1-7-8(2)19-14-11(12(7)17)13(20-15(14)18)9-3-5-10(16)6-4-9/h3-8,13H,1-2H3/t7-,8-,13-/m0/s1. The Morgan fingerprint density at radius 2 is 1.70 bits per heavy atom. The third kappa shape index (κ3) is 1.91. The van der Waals surface area contributed by atoms with Crippen LogP contribution in [0.15, 0.2) is 35.6 Å². The van der Waals surface area contributed by atoms with Crippen molar-refractivity contribution >= 4 is 23.4 Å². The van der Waals surface area contributed by atoms with Gasteiger partial charge in [0.2, 0.25) is 5.76 Å². The fourth-order valence-corrected chi connectivity index (χ4v) is 2.55. The Bertz CT molecular complexity index is 617. The SMILES string of the molecule is C[C@@H]1OC2=C(C(=O)[C@H]1C)[C@H](c1ccc(Cl)cc1)OC2=O. The smallest absolute Gasteiger partial charge is 0.375 e. The van der Waals surface area contributed by atoms with Gasteiger partial charge < -0.3 is 9.47 Å². The Morgan fingerprint density at radius 1 is 1.05 bits per heavy atom. The van der Waals surface area contributed by atoms with Crippen LogP contribution in [0, 0.1) is 5.92 Å². The molecule has 0 amide bonds. The van der Waals surface area contributed by atoms with Crippen molar-refractivity contribution in [3.63, 3.8) is 0 Å². The summed E-state index contributed by atoms with van der Waals surface area (Å²) >= 11 is 5.84. The number of ketones is 1. The number of esters is 1. The molecule has 0 saturated heterocycles. The number of cyclic esters (lactones) is 1. The second-order valence-electron chi connectivity index (χ2n) is 5.06. The molecule has 4 nitrogen and oxygen atoms in total. The van der Waals surface area contributed by atoms with Crippen molar-refractivity contribution in [2.75, 3.05) is 0 Å². The van der Waals surface area contributed by atoms with Crippen molar-refractivity contribution in [2.45, 2.75) is 26.1 Å². The normalized spacial score (nSPS) is 29.1. The molecule has 0 aliphatic carbocycles. The summed E-state index contributed by atoms with van der Waals surface area (Å²) in [5, 5.41) is 0.584. The summed E-state index contributed by atoms with van der Waals surface area (Å²) in [4.78, 5) is 24.3. The molecular formula is C15H13ClO4. The third-order valence-corrected chi connectivity index (χ3v) is 4.03. The van der Waals surface area contributed by atoms with Gasteiger partial charge in [-0.25, -0.2) is 4.79 Å². The first-order valence-electron chi connectivity index (χ1n) is 6.40. The average Bonchev–Trinajstić information content (AvgIpc) is 2.74. The number of hydrogen-bond donors (Lipinski definition) is 0. The summed E-state index contributed by atoms with van der Waals surface area (Å²) in [7, 11) is 0. The molecular weight excluding hydrogens is 280 g/mol. The van der Waals surface area contributed by atoms with Crippen molar-refractivity contribution in [3.05, 3.63) is 46.2 Å². The van der Waals surface area contributed by atoms with Gasteiger partial charge in [0.1, 0.15) is 6.10 Å². The molecule has 0 N–H and O–H groups in total. The van der Waals surface area contributed by atoms with Gasteiger partial charge in [0.05, 0.1) is 11.5 Å². The molecule has 0 aromatic heterocycles. The van der Waals surface area contributed by atoms with Gasteiger partial charge in [-0.15, -0.1) is 0 Å². The summed E-state index contributed by atoms with van der Waals surface area (Å²) in [5.74, 6) is -0.907. The molecule has 2 aliphatic heterocycles. The molecule has 3 atom stereocenters. The summed E-state index contributed by atoms with van der Waals surface area (Å²) < 4.78 is 10.8.